The quantitative estimate of drug-likeness (QED) is 0.874. The Hall–Kier alpha value is -1.57. The van der Waals surface area contributed by atoms with E-state index in [1.807, 2.05) is 0 Å². The summed E-state index contributed by atoms with van der Waals surface area (Å²) in [5, 5.41) is 0. The Morgan fingerprint density at radius 2 is 1.76 bits per heavy atom. The van der Waals surface area contributed by atoms with E-state index in [4.69, 9.17) is 5.73 Å². The third-order valence-corrected chi connectivity index (χ3v) is 3.04. The molecule has 0 unspecified atom stereocenters. The van der Waals surface area contributed by atoms with Gasteiger partial charge in [-0.3, -0.25) is 4.79 Å². The van der Waals surface area contributed by atoms with Crippen LogP contribution in [0, 0.1) is 0 Å². The number of sulfone groups is 1. The second-order valence-electron chi connectivity index (χ2n) is 3.38. The summed E-state index contributed by atoms with van der Waals surface area (Å²) in [5.41, 5.74) is 3.11. The van der Waals surface area contributed by atoms with E-state index >= 15 is 0 Å². The first-order valence-electron chi connectivity index (χ1n) is 4.24. The van der Waals surface area contributed by atoms with Crippen molar-refractivity contribution < 1.29 is 26.4 Å². The van der Waals surface area contributed by atoms with Crippen molar-refractivity contribution in [1.29, 1.82) is 0 Å². The molecule has 1 aromatic carbocycles. The van der Waals surface area contributed by atoms with Crippen molar-refractivity contribution in [2.75, 3.05) is 6.26 Å². The van der Waals surface area contributed by atoms with Gasteiger partial charge in [0.05, 0.1) is 10.5 Å². The third kappa shape index (κ3) is 3.19. The zero-order chi connectivity index (χ0) is 13.4. The van der Waals surface area contributed by atoms with Gasteiger partial charge in [-0.05, 0) is 18.2 Å². The van der Waals surface area contributed by atoms with Gasteiger partial charge in [0.2, 0.25) is 5.91 Å². The van der Waals surface area contributed by atoms with Crippen LogP contribution in [0.5, 0.6) is 0 Å². The number of carbonyl (C=O) groups is 1. The van der Waals surface area contributed by atoms with Crippen LogP contribution in [0.15, 0.2) is 23.1 Å². The van der Waals surface area contributed by atoms with Gasteiger partial charge in [-0.1, -0.05) is 0 Å². The van der Waals surface area contributed by atoms with Gasteiger partial charge in [0, 0.05) is 11.8 Å². The highest BCUT2D eigenvalue weighted by Crippen LogP contribution is 2.31. The van der Waals surface area contributed by atoms with Crippen LogP contribution in [0.2, 0.25) is 0 Å². The fourth-order valence-electron chi connectivity index (χ4n) is 1.12. The van der Waals surface area contributed by atoms with Crippen LogP contribution in [0.3, 0.4) is 0 Å². The summed E-state index contributed by atoms with van der Waals surface area (Å²) >= 11 is 0. The summed E-state index contributed by atoms with van der Waals surface area (Å²) in [7, 11) is -3.85. The van der Waals surface area contributed by atoms with Gasteiger partial charge in [-0.2, -0.15) is 13.2 Å². The molecule has 1 amide bonds. The number of nitrogens with two attached hydrogens (primary N) is 1. The Morgan fingerprint density at radius 3 is 2.12 bits per heavy atom. The second-order valence-corrected chi connectivity index (χ2v) is 5.40. The predicted molar refractivity (Wildman–Crippen MR) is 53.1 cm³/mol. The molecule has 2 N–H and O–H groups in total. The smallest absolute Gasteiger partial charge is 0.366 e. The highest BCUT2D eigenvalue weighted by atomic mass is 32.2. The normalized spacial score (nSPS) is 12.5. The monoisotopic (exact) mass is 267 g/mol. The molecule has 0 aliphatic heterocycles. The van der Waals surface area contributed by atoms with Crippen molar-refractivity contribution in [3.8, 4) is 0 Å². The van der Waals surface area contributed by atoms with Gasteiger partial charge in [0.25, 0.3) is 0 Å². The van der Waals surface area contributed by atoms with Crippen molar-refractivity contribution in [3.63, 3.8) is 0 Å². The number of hydrogen-bond acceptors (Lipinski definition) is 3. The zero-order valence-corrected chi connectivity index (χ0v) is 9.39. The number of primary amides is 1. The lowest BCUT2D eigenvalue weighted by Crippen LogP contribution is -2.15. The predicted octanol–water partition coefficient (Wildman–Crippen LogP) is 1.21. The van der Waals surface area contributed by atoms with Gasteiger partial charge in [0.1, 0.15) is 0 Å². The number of hydrogen-bond donors (Lipinski definition) is 1. The number of halogens is 3. The first-order chi connectivity index (χ1) is 7.51. The van der Waals surface area contributed by atoms with Crippen LogP contribution in [0.4, 0.5) is 13.2 Å². The minimum atomic E-state index is -4.75. The Kier molecular flexibility index (Phi) is 3.19. The molecule has 0 fully saturated rings. The van der Waals surface area contributed by atoms with Crippen molar-refractivity contribution in [3.05, 3.63) is 29.3 Å². The molecule has 0 radical (unpaired) electrons. The SMILES string of the molecule is CS(=O)(=O)c1cc(C(N)=O)cc(C(F)(F)F)c1. The molecule has 0 aromatic heterocycles. The minimum Gasteiger partial charge on any atom is -0.366 e. The topological polar surface area (TPSA) is 77.2 Å². The molecule has 94 valence electrons. The van der Waals surface area contributed by atoms with Gasteiger partial charge in [-0.15, -0.1) is 0 Å². The van der Waals surface area contributed by atoms with Gasteiger partial charge < -0.3 is 5.73 Å². The van der Waals surface area contributed by atoms with E-state index in [1.54, 1.807) is 0 Å². The minimum absolute atomic E-state index is 0.460. The molecule has 17 heavy (non-hydrogen) atoms. The molecule has 1 aromatic rings. The zero-order valence-electron chi connectivity index (χ0n) is 8.58. The molecule has 0 atom stereocenters. The Morgan fingerprint density at radius 1 is 1.24 bits per heavy atom. The van der Waals surface area contributed by atoms with Crippen molar-refractivity contribution in [2.24, 2.45) is 5.73 Å². The summed E-state index contributed by atoms with van der Waals surface area (Å²) in [4.78, 5) is 10.2. The Balaban J connectivity index is 3.56. The van der Waals surface area contributed by atoms with E-state index in [0.29, 0.717) is 12.1 Å². The fraction of sp³-hybridized carbons (Fsp3) is 0.222. The van der Waals surface area contributed by atoms with E-state index in [2.05, 4.69) is 0 Å². The van der Waals surface area contributed by atoms with E-state index in [0.717, 1.165) is 12.3 Å². The molecule has 0 saturated heterocycles. The molecular formula is C9H8F3NO3S. The number of carbonyl (C=O) groups excluding carboxylic acids is 1. The summed E-state index contributed by atoms with van der Waals surface area (Å²) in [6, 6.07) is 1.78. The van der Waals surface area contributed by atoms with Crippen LogP contribution >= 0.6 is 0 Å². The van der Waals surface area contributed by atoms with Crippen LogP contribution in [-0.2, 0) is 16.0 Å². The summed E-state index contributed by atoms with van der Waals surface area (Å²) in [6.45, 7) is 0. The fourth-order valence-corrected chi connectivity index (χ4v) is 1.80. The molecule has 0 spiro atoms. The molecule has 0 saturated carbocycles. The van der Waals surface area contributed by atoms with E-state index in [9.17, 15) is 26.4 Å². The first-order valence-corrected chi connectivity index (χ1v) is 6.13. The summed E-state index contributed by atoms with van der Waals surface area (Å²) in [5.74, 6) is -1.12. The van der Waals surface area contributed by atoms with Gasteiger partial charge in [-0.25, -0.2) is 8.42 Å². The Labute approximate surface area is 95.1 Å². The molecule has 4 nitrogen and oxygen atoms in total. The third-order valence-electron chi connectivity index (χ3n) is 1.95. The van der Waals surface area contributed by atoms with Crippen LogP contribution in [0.25, 0.3) is 0 Å². The van der Waals surface area contributed by atoms with Crippen molar-refractivity contribution in [1.82, 2.24) is 0 Å². The molecule has 0 aliphatic carbocycles. The molecular weight excluding hydrogens is 259 g/mol. The molecule has 1 rings (SSSR count). The lowest BCUT2D eigenvalue weighted by Gasteiger charge is -2.09. The second kappa shape index (κ2) is 4.02. The van der Waals surface area contributed by atoms with Gasteiger partial charge in [0.15, 0.2) is 9.84 Å². The van der Waals surface area contributed by atoms with E-state index < -0.39 is 37.9 Å². The Bertz CT molecular complexity index is 563. The number of rotatable bonds is 2. The molecule has 0 heterocycles. The van der Waals surface area contributed by atoms with Crippen molar-refractivity contribution >= 4 is 15.7 Å². The maximum atomic E-state index is 12.5. The number of benzene rings is 1. The molecule has 8 heteroatoms. The first kappa shape index (κ1) is 13.5. The standard InChI is InChI=1S/C9H8F3NO3S/c1-17(15,16)7-3-5(8(13)14)2-6(4-7)9(10,11)12/h2-4H,1H3,(H2,13,14). The maximum Gasteiger partial charge on any atom is 0.416 e. The lowest BCUT2D eigenvalue weighted by molar-refractivity contribution is -0.137. The van der Waals surface area contributed by atoms with E-state index in [1.165, 1.54) is 0 Å². The van der Waals surface area contributed by atoms with Crippen molar-refractivity contribution in [2.45, 2.75) is 11.1 Å². The molecule has 0 bridgehead atoms. The summed E-state index contributed by atoms with van der Waals surface area (Å²) < 4.78 is 59.7. The summed E-state index contributed by atoms with van der Waals surface area (Å²) in [6.07, 6.45) is -4.00. The number of amides is 1. The average molecular weight is 267 g/mol. The lowest BCUT2D eigenvalue weighted by atomic mass is 10.1. The largest absolute Gasteiger partial charge is 0.416 e. The molecule has 0 aliphatic rings. The van der Waals surface area contributed by atoms with Gasteiger partial charge >= 0.3 is 6.18 Å². The highest BCUT2D eigenvalue weighted by Gasteiger charge is 2.32. The van der Waals surface area contributed by atoms with Crippen LogP contribution in [-0.4, -0.2) is 20.6 Å². The average Bonchev–Trinajstić information content (AvgIpc) is 2.14. The highest BCUT2D eigenvalue weighted by molar-refractivity contribution is 7.90. The van der Waals surface area contributed by atoms with Crippen LogP contribution < -0.4 is 5.73 Å². The maximum absolute atomic E-state index is 12.5. The van der Waals surface area contributed by atoms with Crippen LogP contribution in [0.1, 0.15) is 15.9 Å². The number of alkyl halides is 3. The van der Waals surface area contributed by atoms with E-state index in [-0.39, 0.29) is 0 Å².